The number of aliphatic imine (C=N–C) groups is 1. The van der Waals surface area contributed by atoms with Crippen LogP contribution in [0.25, 0.3) is 11.1 Å². The highest BCUT2D eigenvalue weighted by Gasteiger charge is 2.44. The summed E-state index contributed by atoms with van der Waals surface area (Å²) in [6, 6.07) is 26.9. The van der Waals surface area contributed by atoms with E-state index in [4.69, 9.17) is 9.73 Å². The maximum atomic E-state index is 9.36. The van der Waals surface area contributed by atoms with Crippen molar-refractivity contribution >= 4 is 5.84 Å². The van der Waals surface area contributed by atoms with Gasteiger partial charge in [-0.05, 0) is 74.6 Å². The van der Waals surface area contributed by atoms with Crippen LogP contribution in [-0.2, 0) is 5.54 Å². The number of rotatable bonds is 2. The van der Waals surface area contributed by atoms with Crippen LogP contribution in [-0.4, -0.2) is 11.4 Å². The molecule has 0 amide bonds. The van der Waals surface area contributed by atoms with Gasteiger partial charge in [0.15, 0.2) is 0 Å². The second-order valence-electron chi connectivity index (χ2n) is 10.4. The molecule has 3 aromatic carbocycles. The van der Waals surface area contributed by atoms with Crippen molar-refractivity contribution in [3.8, 4) is 22.9 Å². The van der Waals surface area contributed by atoms with E-state index in [2.05, 4.69) is 80.7 Å². The zero-order chi connectivity index (χ0) is 23.8. The average Bonchev–Trinajstić information content (AvgIpc) is 2.83. The third kappa shape index (κ3) is 4.43. The first-order valence-electron chi connectivity index (χ1n) is 12.1. The smallest absolute Gasteiger partial charge is 0.126 e. The molecule has 2 aliphatic heterocycles. The second-order valence-corrected chi connectivity index (χ2v) is 10.4. The molecule has 34 heavy (non-hydrogen) atoms. The summed E-state index contributed by atoms with van der Waals surface area (Å²) >= 11 is 0. The van der Waals surface area contributed by atoms with Crippen molar-refractivity contribution in [3.05, 3.63) is 89.5 Å². The molecule has 1 N–H and O–H groups in total. The maximum Gasteiger partial charge on any atom is 0.126 e. The Hall–Kier alpha value is -3.58. The lowest BCUT2D eigenvalue weighted by atomic mass is 9.75. The van der Waals surface area contributed by atoms with Gasteiger partial charge in [0, 0.05) is 23.9 Å². The molecule has 172 valence electrons. The van der Waals surface area contributed by atoms with Gasteiger partial charge in [-0.3, -0.25) is 4.99 Å². The summed E-state index contributed by atoms with van der Waals surface area (Å²) in [6.45, 7) is 6.55. The van der Waals surface area contributed by atoms with E-state index in [1.807, 2.05) is 24.3 Å². The molecule has 0 radical (unpaired) electrons. The molecule has 0 saturated carbocycles. The van der Waals surface area contributed by atoms with Crippen LogP contribution < -0.4 is 10.1 Å². The van der Waals surface area contributed by atoms with Gasteiger partial charge >= 0.3 is 0 Å². The summed E-state index contributed by atoms with van der Waals surface area (Å²) in [4.78, 5) is 5.42. The minimum Gasteiger partial charge on any atom is -0.485 e. The normalized spacial score (nSPS) is 21.7. The predicted molar refractivity (Wildman–Crippen MR) is 137 cm³/mol. The highest BCUT2D eigenvalue weighted by molar-refractivity contribution is 5.84. The van der Waals surface area contributed by atoms with E-state index in [1.165, 1.54) is 5.56 Å². The van der Waals surface area contributed by atoms with Crippen molar-refractivity contribution in [1.82, 2.24) is 5.32 Å². The van der Waals surface area contributed by atoms with Gasteiger partial charge in [0.05, 0.1) is 23.0 Å². The SMILES string of the molecule is CC(C)(C)NC1=NC2(CCC1)CC(c1ccccc1)Oc1ccc(-c3cccc(C#N)c3)cc12. The van der Waals surface area contributed by atoms with Gasteiger partial charge in [-0.15, -0.1) is 0 Å². The second kappa shape index (κ2) is 8.65. The third-order valence-electron chi connectivity index (χ3n) is 6.64. The third-order valence-corrected chi connectivity index (χ3v) is 6.64. The van der Waals surface area contributed by atoms with Crippen LogP contribution in [0.5, 0.6) is 5.75 Å². The van der Waals surface area contributed by atoms with Gasteiger partial charge in [0.1, 0.15) is 11.9 Å². The van der Waals surface area contributed by atoms with Gasteiger partial charge in [0.25, 0.3) is 0 Å². The Kier molecular flexibility index (Phi) is 5.65. The molecule has 5 rings (SSSR count). The molecule has 0 fully saturated rings. The van der Waals surface area contributed by atoms with Gasteiger partial charge in [-0.2, -0.15) is 5.26 Å². The molecule has 1 spiro atoms. The molecule has 4 nitrogen and oxygen atoms in total. The first-order chi connectivity index (χ1) is 16.4. The van der Waals surface area contributed by atoms with Gasteiger partial charge in [-0.1, -0.05) is 48.5 Å². The number of fused-ring (bicyclic) bond motifs is 2. The lowest BCUT2D eigenvalue weighted by molar-refractivity contribution is 0.117. The van der Waals surface area contributed by atoms with E-state index in [1.54, 1.807) is 0 Å². The van der Waals surface area contributed by atoms with Crippen LogP contribution in [0, 0.1) is 11.3 Å². The van der Waals surface area contributed by atoms with Crippen molar-refractivity contribution in [2.45, 2.75) is 63.6 Å². The molecule has 0 saturated heterocycles. The lowest BCUT2D eigenvalue weighted by Crippen LogP contribution is -2.45. The van der Waals surface area contributed by atoms with Crippen LogP contribution >= 0.6 is 0 Å². The number of benzene rings is 3. The van der Waals surface area contributed by atoms with Crippen molar-refractivity contribution in [2.24, 2.45) is 4.99 Å². The number of amidine groups is 1. The van der Waals surface area contributed by atoms with E-state index in [9.17, 15) is 5.26 Å². The maximum absolute atomic E-state index is 9.36. The van der Waals surface area contributed by atoms with E-state index < -0.39 is 0 Å². The molecule has 2 atom stereocenters. The van der Waals surface area contributed by atoms with E-state index in [-0.39, 0.29) is 17.2 Å². The van der Waals surface area contributed by atoms with Crippen molar-refractivity contribution in [3.63, 3.8) is 0 Å². The molecule has 3 aromatic rings. The molecular formula is C30H31N3O. The molecule has 2 aliphatic rings. The predicted octanol–water partition coefficient (Wildman–Crippen LogP) is 6.91. The number of hydrogen-bond donors (Lipinski definition) is 1. The summed E-state index contributed by atoms with van der Waals surface area (Å²) in [5.41, 5.74) is 4.74. The van der Waals surface area contributed by atoms with Crippen LogP contribution in [0.1, 0.15) is 69.2 Å². The van der Waals surface area contributed by atoms with Crippen molar-refractivity contribution in [2.75, 3.05) is 0 Å². The topological polar surface area (TPSA) is 57.4 Å². The fraction of sp³-hybridized carbons (Fsp3) is 0.333. The Balaban J connectivity index is 1.63. The number of ether oxygens (including phenoxy) is 1. The zero-order valence-electron chi connectivity index (χ0n) is 20.1. The summed E-state index contributed by atoms with van der Waals surface area (Å²) in [5.74, 6) is 1.98. The minimum absolute atomic E-state index is 0.0379. The van der Waals surface area contributed by atoms with Gasteiger partial charge in [-0.25, -0.2) is 0 Å². The Morgan fingerprint density at radius 3 is 2.56 bits per heavy atom. The van der Waals surface area contributed by atoms with Crippen LogP contribution in [0.4, 0.5) is 0 Å². The molecule has 0 aliphatic carbocycles. The Morgan fingerprint density at radius 2 is 1.79 bits per heavy atom. The fourth-order valence-corrected chi connectivity index (χ4v) is 5.19. The van der Waals surface area contributed by atoms with E-state index >= 15 is 0 Å². The van der Waals surface area contributed by atoms with Crippen LogP contribution in [0.15, 0.2) is 77.8 Å². The number of hydrogen-bond acceptors (Lipinski definition) is 4. The highest BCUT2D eigenvalue weighted by atomic mass is 16.5. The average molecular weight is 450 g/mol. The molecule has 2 heterocycles. The minimum atomic E-state index is -0.344. The molecule has 2 unspecified atom stereocenters. The summed E-state index contributed by atoms with van der Waals surface area (Å²) in [5, 5.41) is 13.0. The summed E-state index contributed by atoms with van der Waals surface area (Å²) in [7, 11) is 0. The van der Waals surface area contributed by atoms with E-state index in [0.717, 1.165) is 54.0 Å². The first kappa shape index (κ1) is 22.2. The van der Waals surface area contributed by atoms with Crippen LogP contribution in [0.2, 0.25) is 0 Å². The quantitative estimate of drug-likeness (QED) is 0.462. The van der Waals surface area contributed by atoms with Gasteiger partial charge < -0.3 is 10.1 Å². The fourth-order valence-electron chi connectivity index (χ4n) is 5.19. The Labute approximate surface area is 202 Å². The number of nitriles is 1. The summed E-state index contributed by atoms with van der Waals surface area (Å²) < 4.78 is 6.58. The largest absolute Gasteiger partial charge is 0.485 e. The van der Waals surface area contributed by atoms with Crippen molar-refractivity contribution < 1.29 is 4.74 Å². The van der Waals surface area contributed by atoms with Crippen LogP contribution in [0.3, 0.4) is 0 Å². The molecule has 0 bridgehead atoms. The Morgan fingerprint density at radius 1 is 1.00 bits per heavy atom. The van der Waals surface area contributed by atoms with Gasteiger partial charge in [0.2, 0.25) is 0 Å². The molecule has 4 heteroatoms. The number of nitrogens with zero attached hydrogens (tertiary/aromatic N) is 2. The zero-order valence-corrected chi connectivity index (χ0v) is 20.1. The number of nitrogens with one attached hydrogen (secondary N) is 1. The molecular weight excluding hydrogens is 418 g/mol. The van der Waals surface area contributed by atoms with E-state index in [0.29, 0.717) is 5.56 Å². The Bertz CT molecular complexity index is 1270. The monoisotopic (exact) mass is 449 g/mol. The summed E-state index contributed by atoms with van der Waals surface area (Å²) in [6.07, 6.45) is 3.80. The molecule has 0 aromatic heterocycles. The standard InChI is InChI=1S/C30H31N3O/c1-29(2,3)32-28-13-8-16-30(33-28)19-27(22-10-5-4-6-11-22)34-26-15-14-24(18-25(26)30)23-12-7-9-21(17-23)20-31/h4-7,9-12,14-15,17-18,27H,8,13,16,19H2,1-3H3,(H,32,33). The van der Waals surface area contributed by atoms with Crippen molar-refractivity contribution in [1.29, 1.82) is 5.26 Å². The lowest BCUT2D eigenvalue weighted by Gasteiger charge is -2.43. The highest BCUT2D eigenvalue weighted by Crippen LogP contribution is 2.51. The first-order valence-corrected chi connectivity index (χ1v) is 12.1.